The van der Waals surface area contributed by atoms with Crippen molar-refractivity contribution < 1.29 is 14.2 Å². The lowest BCUT2D eigenvalue weighted by Crippen LogP contribution is -2.27. The third-order valence-corrected chi connectivity index (χ3v) is 5.06. The van der Waals surface area contributed by atoms with Crippen molar-refractivity contribution in [3.8, 4) is 22.6 Å². The summed E-state index contributed by atoms with van der Waals surface area (Å²) in [5, 5.41) is 0. The number of hydrogen-bond acceptors (Lipinski definition) is 6. The predicted octanol–water partition coefficient (Wildman–Crippen LogP) is 4.13. The molecule has 0 aliphatic carbocycles. The van der Waals surface area contributed by atoms with Crippen molar-refractivity contribution in [2.24, 2.45) is 10.7 Å². The van der Waals surface area contributed by atoms with E-state index in [0.717, 1.165) is 28.0 Å². The smallest absolute Gasteiger partial charge is 0.283 e. The molecular weight excluding hydrogens is 378 g/mol. The van der Waals surface area contributed by atoms with Gasteiger partial charge in [0.15, 0.2) is 5.54 Å². The van der Waals surface area contributed by atoms with Gasteiger partial charge in [0.1, 0.15) is 18.1 Å². The number of methoxy groups -OCH3 is 1. The second-order valence-electron chi connectivity index (χ2n) is 7.48. The topological polar surface area (TPSA) is 79.0 Å². The normalized spacial score (nSPS) is 18.1. The second kappa shape index (κ2) is 8.06. The second-order valence-corrected chi connectivity index (χ2v) is 7.48. The van der Waals surface area contributed by atoms with Crippen molar-refractivity contribution >= 4 is 6.02 Å². The number of rotatable bonds is 6. The van der Waals surface area contributed by atoms with E-state index in [4.69, 9.17) is 24.9 Å². The molecule has 1 aliphatic rings. The summed E-state index contributed by atoms with van der Waals surface area (Å²) in [5.74, 6) is 1.52. The van der Waals surface area contributed by atoms with Crippen LogP contribution >= 0.6 is 0 Å². The van der Waals surface area contributed by atoms with Gasteiger partial charge in [0.2, 0.25) is 0 Å². The molecule has 2 aromatic carbocycles. The maximum absolute atomic E-state index is 5.94. The number of ether oxygens (including phenoxy) is 3. The quantitative estimate of drug-likeness (QED) is 0.669. The van der Waals surface area contributed by atoms with Crippen LogP contribution in [0.4, 0.5) is 0 Å². The SMILES string of the molecule is COc1cncc(-c2cccc(C3(c4ccc(OC(C)C)cc4)COC(N)=N3)c2)c1. The van der Waals surface area contributed by atoms with Gasteiger partial charge in [-0.25, -0.2) is 4.99 Å². The zero-order valence-corrected chi connectivity index (χ0v) is 17.3. The monoisotopic (exact) mass is 403 g/mol. The van der Waals surface area contributed by atoms with E-state index >= 15 is 0 Å². The highest BCUT2D eigenvalue weighted by molar-refractivity contribution is 5.76. The Bertz CT molecular complexity index is 1060. The van der Waals surface area contributed by atoms with Crippen molar-refractivity contribution in [3.63, 3.8) is 0 Å². The van der Waals surface area contributed by atoms with E-state index in [9.17, 15) is 0 Å². The third-order valence-electron chi connectivity index (χ3n) is 5.06. The molecule has 0 saturated heterocycles. The number of nitrogens with two attached hydrogens (primary N) is 1. The summed E-state index contributed by atoms with van der Waals surface area (Å²) in [6, 6.07) is 18.3. The Morgan fingerprint density at radius 1 is 0.967 bits per heavy atom. The van der Waals surface area contributed by atoms with E-state index in [0.29, 0.717) is 12.4 Å². The Hall–Kier alpha value is -3.54. The average molecular weight is 403 g/mol. The molecule has 1 atom stereocenters. The average Bonchev–Trinajstić information content (AvgIpc) is 3.17. The van der Waals surface area contributed by atoms with Gasteiger partial charge in [-0.1, -0.05) is 30.3 Å². The van der Waals surface area contributed by atoms with Crippen molar-refractivity contribution in [2.45, 2.75) is 25.5 Å². The van der Waals surface area contributed by atoms with Gasteiger partial charge < -0.3 is 19.9 Å². The predicted molar refractivity (Wildman–Crippen MR) is 117 cm³/mol. The van der Waals surface area contributed by atoms with Crippen LogP contribution in [0.3, 0.4) is 0 Å². The highest BCUT2D eigenvalue weighted by Crippen LogP contribution is 2.39. The zero-order valence-electron chi connectivity index (χ0n) is 17.3. The Morgan fingerprint density at radius 3 is 2.43 bits per heavy atom. The minimum Gasteiger partial charge on any atom is -0.495 e. The fraction of sp³-hybridized carbons (Fsp3) is 0.250. The number of hydrogen-bond donors (Lipinski definition) is 1. The van der Waals surface area contributed by atoms with Crippen LogP contribution in [0.2, 0.25) is 0 Å². The van der Waals surface area contributed by atoms with Crippen LogP contribution in [0.15, 0.2) is 72.0 Å². The van der Waals surface area contributed by atoms with Crippen LogP contribution in [0.25, 0.3) is 11.1 Å². The fourth-order valence-electron chi connectivity index (χ4n) is 3.62. The first-order valence-corrected chi connectivity index (χ1v) is 9.85. The first kappa shape index (κ1) is 19.8. The molecule has 2 heterocycles. The van der Waals surface area contributed by atoms with Gasteiger partial charge in [-0.2, -0.15) is 0 Å². The highest BCUT2D eigenvalue weighted by Gasteiger charge is 2.40. The lowest BCUT2D eigenvalue weighted by molar-refractivity contribution is 0.242. The molecular formula is C24H25N3O3. The maximum atomic E-state index is 5.94. The molecule has 1 aromatic heterocycles. The Morgan fingerprint density at radius 2 is 1.77 bits per heavy atom. The molecule has 6 nitrogen and oxygen atoms in total. The van der Waals surface area contributed by atoms with Gasteiger partial charge >= 0.3 is 0 Å². The van der Waals surface area contributed by atoms with Gasteiger partial charge in [-0.05, 0) is 54.8 Å². The Labute approximate surface area is 176 Å². The molecule has 4 rings (SSSR count). The summed E-state index contributed by atoms with van der Waals surface area (Å²) in [7, 11) is 1.63. The molecule has 0 amide bonds. The summed E-state index contributed by atoms with van der Waals surface area (Å²) < 4.78 is 16.7. The molecule has 2 N–H and O–H groups in total. The third kappa shape index (κ3) is 3.81. The number of amidine groups is 1. The van der Waals surface area contributed by atoms with Crippen LogP contribution in [-0.2, 0) is 10.3 Å². The molecule has 1 unspecified atom stereocenters. The molecule has 0 fully saturated rings. The molecule has 0 radical (unpaired) electrons. The van der Waals surface area contributed by atoms with Crippen molar-refractivity contribution in [1.29, 1.82) is 0 Å². The lowest BCUT2D eigenvalue weighted by atomic mass is 9.83. The van der Waals surface area contributed by atoms with E-state index in [-0.39, 0.29) is 12.1 Å². The summed E-state index contributed by atoms with van der Waals surface area (Å²) >= 11 is 0. The van der Waals surface area contributed by atoms with Gasteiger partial charge in [-0.15, -0.1) is 0 Å². The summed E-state index contributed by atoms with van der Waals surface area (Å²) in [6.07, 6.45) is 3.61. The van der Waals surface area contributed by atoms with Crippen LogP contribution in [0.1, 0.15) is 25.0 Å². The zero-order chi connectivity index (χ0) is 21.1. The number of nitrogens with zero attached hydrogens (tertiary/aromatic N) is 2. The first-order valence-electron chi connectivity index (χ1n) is 9.85. The van der Waals surface area contributed by atoms with Crippen LogP contribution < -0.4 is 15.2 Å². The van der Waals surface area contributed by atoms with Crippen molar-refractivity contribution in [2.75, 3.05) is 13.7 Å². The van der Waals surface area contributed by atoms with Gasteiger partial charge in [0.25, 0.3) is 6.02 Å². The molecule has 154 valence electrons. The standard InChI is InChI=1S/C24H25N3O3/c1-16(2)30-21-9-7-19(8-10-21)24(15-29-23(25)27-24)20-6-4-5-17(11-20)18-12-22(28-3)14-26-13-18/h4-14,16H,15H2,1-3H3,(H2,25,27). The molecule has 6 heteroatoms. The van der Waals surface area contributed by atoms with E-state index in [1.807, 2.05) is 68.6 Å². The molecule has 0 spiro atoms. The molecule has 3 aromatic rings. The van der Waals surface area contributed by atoms with E-state index in [2.05, 4.69) is 11.1 Å². The minimum absolute atomic E-state index is 0.112. The fourth-order valence-corrected chi connectivity index (χ4v) is 3.62. The van der Waals surface area contributed by atoms with Crippen LogP contribution in [0.5, 0.6) is 11.5 Å². The number of aromatic nitrogens is 1. The molecule has 1 aliphatic heterocycles. The maximum Gasteiger partial charge on any atom is 0.283 e. The Balaban J connectivity index is 1.76. The highest BCUT2D eigenvalue weighted by atomic mass is 16.5. The summed E-state index contributed by atoms with van der Waals surface area (Å²) in [4.78, 5) is 8.98. The largest absolute Gasteiger partial charge is 0.495 e. The minimum atomic E-state index is -0.719. The van der Waals surface area contributed by atoms with Crippen molar-refractivity contribution in [3.05, 3.63) is 78.1 Å². The Kier molecular flexibility index (Phi) is 5.31. The van der Waals surface area contributed by atoms with Crippen molar-refractivity contribution in [1.82, 2.24) is 4.98 Å². The summed E-state index contributed by atoms with van der Waals surface area (Å²) in [6.45, 7) is 4.34. The lowest BCUT2D eigenvalue weighted by Gasteiger charge is -2.26. The number of pyridine rings is 1. The van der Waals surface area contributed by atoms with Crippen LogP contribution in [-0.4, -0.2) is 30.8 Å². The number of benzene rings is 2. The van der Waals surface area contributed by atoms with Gasteiger partial charge in [0, 0.05) is 11.8 Å². The first-order chi connectivity index (χ1) is 14.5. The van der Waals surface area contributed by atoms with Gasteiger partial charge in [-0.3, -0.25) is 4.98 Å². The van der Waals surface area contributed by atoms with E-state index in [1.165, 1.54) is 0 Å². The molecule has 30 heavy (non-hydrogen) atoms. The van der Waals surface area contributed by atoms with E-state index in [1.54, 1.807) is 13.3 Å². The van der Waals surface area contributed by atoms with Crippen LogP contribution in [0, 0.1) is 0 Å². The van der Waals surface area contributed by atoms with E-state index < -0.39 is 5.54 Å². The van der Waals surface area contributed by atoms with Gasteiger partial charge in [0.05, 0.1) is 19.4 Å². The molecule has 0 bridgehead atoms. The molecule has 0 saturated carbocycles. The number of aliphatic imine (C=N–C) groups is 1. The summed E-state index contributed by atoms with van der Waals surface area (Å²) in [5.41, 5.74) is 9.17.